The highest BCUT2D eigenvalue weighted by molar-refractivity contribution is 5.82. The summed E-state index contributed by atoms with van der Waals surface area (Å²) in [5.74, 6) is -0.0730. The molecule has 13 heteroatoms. The van der Waals surface area contributed by atoms with Gasteiger partial charge in [-0.3, -0.25) is 19.1 Å². The Morgan fingerprint density at radius 1 is 1.02 bits per heavy atom. The summed E-state index contributed by atoms with van der Waals surface area (Å²) in [6.07, 6.45) is 8.65. The summed E-state index contributed by atoms with van der Waals surface area (Å²) >= 11 is 0. The minimum Gasteiger partial charge on any atom is -0.469 e. The SMILES string of the molecule is CCCCOc1nc(N)c2[nH]c(=O)n(CCCN(Cc3ccc(CC(=O)OC)cc3)C(=O)CN3CCC(N4CCCCC4)CC3)c2n1. The Hall–Kier alpha value is -3.97. The number of aromatic amines is 1. The number of imidazole rings is 1. The van der Waals surface area contributed by atoms with Gasteiger partial charge in [0, 0.05) is 38.8 Å². The maximum absolute atomic E-state index is 13.8. The zero-order valence-electron chi connectivity index (χ0n) is 27.9. The van der Waals surface area contributed by atoms with Crippen molar-refractivity contribution in [3.05, 3.63) is 45.9 Å². The fourth-order valence-electron chi connectivity index (χ4n) is 6.56. The van der Waals surface area contributed by atoms with Crippen LogP contribution in [0.25, 0.3) is 11.2 Å². The van der Waals surface area contributed by atoms with E-state index in [1.54, 1.807) is 0 Å². The number of methoxy groups -OCH3 is 1. The van der Waals surface area contributed by atoms with Crippen LogP contribution in [-0.2, 0) is 33.8 Å². The summed E-state index contributed by atoms with van der Waals surface area (Å²) in [7, 11) is 1.38. The van der Waals surface area contributed by atoms with Crippen molar-refractivity contribution < 1.29 is 19.1 Å². The smallest absolute Gasteiger partial charge is 0.327 e. The Kier molecular flexibility index (Phi) is 12.2. The molecule has 3 aromatic rings. The number of carbonyl (C=O) groups excluding carboxylic acids is 2. The second kappa shape index (κ2) is 16.7. The second-order valence-corrected chi connectivity index (χ2v) is 12.7. The number of nitrogens with two attached hydrogens (primary N) is 1. The van der Waals surface area contributed by atoms with Gasteiger partial charge in [0.1, 0.15) is 5.52 Å². The first-order valence-corrected chi connectivity index (χ1v) is 17.1. The van der Waals surface area contributed by atoms with E-state index in [1.165, 1.54) is 44.0 Å². The van der Waals surface area contributed by atoms with Gasteiger partial charge in [0.15, 0.2) is 11.5 Å². The van der Waals surface area contributed by atoms with Crippen LogP contribution < -0.4 is 16.2 Å². The maximum atomic E-state index is 13.8. The number of nitrogens with one attached hydrogen (secondary N) is 1. The van der Waals surface area contributed by atoms with E-state index in [9.17, 15) is 14.4 Å². The minimum atomic E-state index is -0.331. The monoisotopic (exact) mass is 650 g/mol. The Bertz CT molecular complexity index is 1520. The van der Waals surface area contributed by atoms with Crippen LogP contribution in [0.15, 0.2) is 29.1 Å². The van der Waals surface area contributed by atoms with E-state index in [4.69, 9.17) is 15.2 Å². The van der Waals surface area contributed by atoms with E-state index in [0.29, 0.717) is 56.4 Å². The Morgan fingerprint density at radius 2 is 1.74 bits per heavy atom. The van der Waals surface area contributed by atoms with Crippen molar-refractivity contribution in [2.24, 2.45) is 0 Å². The number of amides is 1. The van der Waals surface area contributed by atoms with Gasteiger partial charge in [-0.2, -0.15) is 9.97 Å². The van der Waals surface area contributed by atoms with Crippen molar-refractivity contribution >= 4 is 28.9 Å². The number of anilines is 1. The normalized spacial score (nSPS) is 16.4. The number of hydrogen-bond donors (Lipinski definition) is 2. The summed E-state index contributed by atoms with van der Waals surface area (Å²) in [6, 6.07) is 8.46. The first-order valence-electron chi connectivity index (χ1n) is 17.1. The van der Waals surface area contributed by atoms with E-state index in [0.717, 1.165) is 49.9 Å². The van der Waals surface area contributed by atoms with Crippen molar-refractivity contribution in [3.63, 3.8) is 0 Å². The molecule has 0 atom stereocenters. The van der Waals surface area contributed by atoms with E-state index < -0.39 is 0 Å². The van der Waals surface area contributed by atoms with E-state index in [1.807, 2.05) is 29.2 Å². The molecule has 0 aliphatic carbocycles. The molecule has 2 aliphatic rings. The summed E-state index contributed by atoms with van der Waals surface area (Å²) in [5.41, 5.74) is 8.39. The molecule has 256 valence electrons. The van der Waals surface area contributed by atoms with Gasteiger partial charge < -0.3 is 30.0 Å². The number of unbranched alkanes of at least 4 members (excludes halogenated alkanes) is 1. The molecule has 2 aromatic heterocycles. The first-order chi connectivity index (χ1) is 22.8. The third kappa shape index (κ3) is 9.32. The molecule has 2 saturated heterocycles. The molecule has 0 spiro atoms. The Balaban J connectivity index is 1.25. The lowest BCUT2D eigenvalue weighted by Gasteiger charge is -2.40. The van der Waals surface area contributed by atoms with Gasteiger partial charge in [-0.05, 0) is 62.7 Å². The van der Waals surface area contributed by atoms with Crippen LogP contribution in [-0.4, -0.2) is 105 Å². The number of esters is 1. The van der Waals surface area contributed by atoms with Gasteiger partial charge in [-0.1, -0.05) is 44.0 Å². The van der Waals surface area contributed by atoms with E-state index in [-0.39, 0.29) is 35.8 Å². The number of aromatic nitrogens is 4. The average molecular weight is 651 g/mol. The lowest BCUT2D eigenvalue weighted by Crippen LogP contribution is -2.49. The zero-order chi connectivity index (χ0) is 33.2. The summed E-state index contributed by atoms with van der Waals surface area (Å²) in [6.45, 7) is 8.33. The number of carbonyl (C=O) groups is 2. The highest BCUT2D eigenvalue weighted by Crippen LogP contribution is 2.22. The van der Waals surface area contributed by atoms with Gasteiger partial charge in [0.05, 0.1) is 26.7 Å². The number of benzene rings is 1. The van der Waals surface area contributed by atoms with Crippen molar-refractivity contribution in [3.8, 4) is 6.01 Å². The topological polar surface area (TPSA) is 152 Å². The zero-order valence-corrected chi connectivity index (χ0v) is 27.9. The molecule has 0 radical (unpaired) electrons. The summed E-state index contributed by atoms with van der Waals surface area (Å²) in [5, 5.41) is 0. The van der Waals surface area contributed by atoms with Gasteiger partial charge in [-0.25, -0.2) is 4.79 Å². The number of ether oxygens (including phenoxy) is 2. The van der Waals surface area contributed by atoms with Gasteiger partial charge in [-0.15, -0.1) is 0 Å². The van der Waals surface area contributed by atoms with E-state index >= 15 is 0 Å². The Morgan fingerprint density at radius 3 is 2.45 bits per heavy atom. The Labute approximate surface area is 276 Å². The number of rotatable bonds is 15. The largest absolute Gasteiger partial charge is 0.469 e. The molecule has 47 heavy (non-hydrogen) atoms. The number of likely N-dealkylation sites (tertiary alicyclic amines) is 2. The standard InChI is InChI=1S/C34H50N8O5/c1-3-4-21-47-33-37-31(35)30-32(38-33)42(34(45)36-30)18-8-17-41(23-26-11-9-25(10-12-26)22-29(44)46-2)28(43)24-39-19-13-27(14-20-39)40-15-6-5-7-16-40/h9-12,27H,3-8,13-24H2,1-2H3,(H,36,45)(H2,35,37,38). The fourth-order valence-corrected chi connectivity index (χ4v) is 6.56. The van der Waals surface area contributed by atoms with E-state index in [2.05, 4.69) is 31.7 Å². The van der Waals surface area contributed by atoms with Crippen LogP contribution in [0.1, 0.15) is 69.4 Å². The fraction of sp³-hybridized carbons (Fsp3) is 0.618. The molecule has 13 nitrogen and oxygen atoms in total. The highest BCUT2D eigenvalue weighted by atomic mass is 16.5. The lowest BCUT2D eigenvalue weighted by atomic mass is 10.00. The molecule has 3 N–H and O–H groups in total. The first kappa shape index (κ1) is 34.4. The number of H-pyrrole nitrogens is 1. The second-order valence-electron chi connectivity index (χ2n) is 12.7. The quantitative estimate of drug-likeness (QED) is 0.186. The number of nitrogens with zero attached hydrogens (tertiary/aromatic N) is 6. The van der Waals surface area contributed by atoms with Crippen LogP contribution >= 0.6 is 0 Å². The van der Waals surface area contributed by atoms with Crippen LogP contribution in [0, 0.1) is 0 Å². The molecule has 2 fully saturated rings. The van der Waals surface area contributed by atoms with Crippen molar-refractivity contribution in [1.29, 1.82) is 0 Å². The number of hydrogen-bond acceptors (Lipinski definition) is 10. The van der Waals surface area contributed by atoms with Crippen molar-refractivity contribution in [2.75, 3.05) is 58.7 Å². The van der Waals surface area contributed by atoms with Gasteiger partial charge in [0.2, 0.25) is 5.91 Å². The molecule has 0 saturated carbocycles. The third-order valence-electron chi connectivity index (χ3n) is 9.32. The molecular weight excluding hydrogens is 600 g/mol. The summed E-state index contributed by atoms with van der Waals surface area (Å²) in [4.78, 5) is 56.7. The number of piperidine rings is 2. The van der Waals surface area contributed by atoms with Crippen LogP contribution in [0.2, 0.25) is 0 Å². The van der Waals surface area contributed by atoms with Crippen LogP contribution in [0.3, 0.4) is 0 Å². The third-order valence-corrected chi connectivity index (χ3v) is 9.32. The van der Waals surface area contributed by atoms with Crippen molar-refractivity contribution in [1.82, 2.24) is 34.2 Å². The maximum Gasteiger partial charge on any atom is 0.327 e. The number of aryl methyl sites for hydroxylation is 1. The number of fused-ring (bicyclic) bond motifs is 1. The lowest BCUT2D eigenvalue weighted by molar-refractivity contribution is -0.139. The summed E-state index contributed by atoms with van der Waals surface area (Å²) < 4.78 is 12.0. The molecule has 0 unspecified atom stereocenters. The molecule has 0 bridgehead atoms. The molecule has 4 heterocycles. The van der Waals surface area contributed by atoms with Gasteiger partial charge >= 0.3 is 17.7 Å². The molecular formula is C34H50N8O5. The predicted octanol–water partition coefficient (Wildman–Crippen LogP) is 2.97. The molecule has 5 rings (SSSR count). The molecule has 2 aliphatic heterocycles. The average Bonchev–Trinajstić information content (AvgIpc) is 3.41. The highest BCUT2D eigenvalue weighted by Gasteiger charge is 2.27. The molecule has 1 aromatic carbocycles. The van der Waals surface area contributed by atoms with Crippen LogP contribution in [0.4, 0.5) is 5.82 Å². The van der Waals surface area contributed by atoms with Gasteiger partial charge in [0.25, 0.3) is 0 Å². The van der Waals surface area contributed by atoms with Crippen molar-refractivity contribution in [2.45, 2.75) is 83.8 Å². The molecule has 1 amide bonds. The number of nitrogen functional groups attached to an aromatic ring is 1. The predicted molar refractivity (Wildman–Crippen MR) is 180 cm³/mol. The van der Waals surface area contributed by atoms with Crippen LogP contribution in [0.5, 0.6) is 6.01 Å². The minimum absolute atomic E-state index is 0.0597.